The van der Waals surface area contributed by atoms with Crippen molar-refractivity contribution in [3.63, 3.8) is 0 Å². The third-order valence-corrected chi connectivity index (χ3v) is 3.84. The first kappa shape index (κ1) is 14.5. The molecule has 104 valence electrons. The van der Waals surface area contributed by atoms with Crippen LogP contribution in [-0.4, -0.2) is 22.1 Å². The highest BCUT2D eigenvalue weighted by Gasteiger charge is 2.09. The number of thiazole rings is 1. The summed E-state index contributed by atoms with van der Waals surface area (Å²) < 4.78 is 0.607. The Kier molecular flexibility index (Phi) is 4.70. The van der Waals surface area contributed by atoms with E-state index in [1.54, 1.807) is 17.8 Å². The molecule has 0 aliphatic rings. The van der Waals surface area contributed by atoms with E-state index in [-0.39, 0.29) is 5.56 Å². The van der Waals surface area contributed by atoms with Crippen LogP contribution >= 0.6 is 27.3 Å². The van der Waals surface area contributed by atoms with E-state index < -0.39 is 12.0 Å². The maximum Gasteiger partial charge on any atom is 0.335 e. The van der Waals surface area contributed by atoms with Crippen molar-refractivity contribution in [2.45, 2.75) is 6.54 Å². The van der Waals surface area contributed by atoms with Crippen molar-refractivity contribution >= 4 is 45.0 Å². The molecule has 0 spiro atoms. The summed E-state index contributed by atoms with van der Waals surface area (Å²) in [5, 5.41) is 14.2. The largest absolute Gasteiger partial charge is 0.478 e. The molecule has 0 radical (unpaired) electrons. The van der Waals surface area contributed by atoms with Crippen molar-refractivity contribution in [3.8, 4) is 0 Å². The molecule has 8 heteroatoms. The first-order valence-electron chi connectivity index (χ1n) is 5.51. The summed E-state index contributed by atoms with van der Waals surface area (Å²) in [5.41, 5.74) is 2.18. The predicted molar refractivity (Wildman–Crippen MR) is 79.1 cm³/mol. The summed E-state index contributed by atoms with van der Waals surface area (Å²) in [7, 11) is 0. The van der Waals surface area contributed by atoms with Crippen LogP contribution in [0.2, 0.25) is 0 Å². The number of halogens is 1. The number of carboxylic acids is 1. The molecule has 3 N–H and O–H groups in total. The zero-order chi connectivity index (χ0) is 14.5. The van der Waals surface area contributed by atoms with Crippen LogP contribution in [0.5, 0.6) is 0 Å². The number of carbonyl (C=O) groups is 2. The van der Waals surface area contributed by atoms with Gasteiger partial charge >= 0.3 is 12.0 Å². The van der Waals surface area contributed by atoms with Gasteiger partial charge in [-0.15, -0.1) is 11.3 Å². The molecule has 0 aliphatic heterocycles. The number of benzene rings is 1. The van der Waals surface area contributed by atoms with Crippen LogP contribution < -0.4 is 10.6 Å². The summed E-state index contributed by atoms with van der Waals surface area (Å²) >= 11 is 4.69. The molecule has 1 heterocycles. The summed E-state index contributed by atoms with van der Waals surface area (Å²) in [6.45, 7) is 0.368. The predicted octanol–water partition coefficient (Wildman–Crippen LogP) is 2.93. The lowest BCUT2D eigenvalue weighted by molar-refractivity contribution is 0.0697. The topological polar surface area (TPSA) is 91.3 Å². The maximum absolute atomic E-state index is 11.7. The van der Waals surface area contributed by atoms with Gasteiger partial charge in [0, 0.05) is 15.5 Å². The molecule has 20 heavy (non-hydrogen) atoms. The van der Waals surface area contributed by atoms with Crippen LogP contribution in [-0.2, 0) is 6.54 Å². The van der Waals surface area contributed by atoms with Crippen LogP contribution in [0.4, 0.5) is 10.5 Å². The van der Waals surface area contributed by atoms with Crippen LogP contribution in [0, 0.1) is 0 Å². The van der Waals surface area contributed by atoms with Gasteiger partial charge in [0.15, 0.2) is 0 Å². The van der Waals surface area contributed by atoms with Gasteiger partial charge in [-0.3, -0.25) is 4.98 Å². The van der Waals surface area contributed by atoms with Gasteiger partial charge in [-0.05, 0) is 34.1 Å². The van der Waals surface area contributed by atoms with Crippen LogP contribution in [0.25, 0.3) is 0 Å². The lowest BCUT2D eigenvalue weighted by Crippen LogP contribution is -2.28. The number of hydrogen-bond acceptors (Lipinski definition) is 4. The minimum absolute atomic E-state index is 0.103. The molecule has 1 aromatic heterocycles. The second-order valence-electron chi connectivity index (χ2n) is 3.78. The number of nitrogens with one attached hydrogen (secondary N) is 2. The van der Waals surface area contributed by atoms with E-state index in [2.05, 4.69) is 31.5 Å². The van der Waals surface area contributed by atoms with Crippen molar-refractivity contribution in [1.29, 1.82) is 0 Å². The molecule has 0 saturated carbocycles. The maximum atomic E-state index is 11.7. The first-order valence-corrected chi connectivity index (χ1v) is 7.18. The number of hydrogen-bond donors (Lipinski definition) is 3. The first-order chi connectivity index (χ1) is 9.56. The van der Waals surface area contributed by atoms with Gasteiger partial charge < -0.3 is 15.7 Å². The molecule has 0 aliphatic carbocycles. The number of aromatic carboxylic acids is 1. The summed E-state index contributed by atoms with van der Waals surface area (Å²) in [6, 6.07) is 4.00. The van der Waals surface area contributed by atoms with Crippen LogP contribution in [0.1, 0.15) is 15.2 Å². The fourth-order valence-corrected chi connectivity index (χ4v) is 2.30. The molecule has 1 aromatic carbocycles. The summed E-state index contributed by atoms with van der Waals surface area (Å²) in [5.74, 6) is -1.05. The van der Waals surface area contributed by atoms with Gasteiger partial charge in [-0.1, -0.05) is 0 Å². The Balaban J connectivity index is 2.00. The number of carboxylic acid groups (broad SMARTS) is 1. The monoisotopic (exact) mass is 355 g/mol. The highest BCUT2D eigenvalue weighted by molar-refractivity contribution is 9.10. The highest BCUT2D eigenvalue weighted by Crippen LogP contribution is 2.23. The molecule has 0 unspecified atom stereocenters. The van der Waals surface area contributed by atoms with Gasteiger partial charge in [-0.2, -0.15) is 0 Å². The van der Waals surface area contributed by atoms with E-state index >= 15 is 0 Å². The zero-order valence-electron chi connectivity index (χ0n) is 10.1. The Hall–Kier alpha value is -1.93. The number of urea groups is 1. The third kappa shape index (κ3) is 3.78. The fourth-order valence-electron chi connectivity index (χ4n) is 1.42. The molecule has 2 aromatic rings. The van der Waals surface area contributed by atoms with E-state index in [1.807, 2.05) is 0 Å². The smallest absolute Gasteiger partial charge is 0.335 e. The normalized spacial score (nSPS) is 10.1. The van der Waals surface area contributed by atoms with Crippen molar-refractivity contribution < 1.29 is 14.7 Å². The summed E-state index contributed by atoms with van der Waals surface area (Å²) in [6.07, 6.45) is 1.67. The average Bonchev–Trinajstić information content (AvgIpc) is 2.92. The molecule has 0 bridgehead atoms. The molecule has 0 fully saturated rings. The molecular weight excluding hydrogens is 346 g/mol. The Morgan fingerprint density at radius 2 is 2.20 bits per heavy atom. The minimum Gasteiger partial charge on any atom is -0.478 e. The Morgan fingerprint density at radius 3 is 2.85 bits per heavy atom. The molecule has 6 nitrogen and oxygen atoms in total. The van der Waals surface area contributed by atoms with E-state index in [0.717, 1.165) is 4.88 Å². The molecular formula is C12H10BrN3O3S. The van der Waals surface area contributed by atoms with Gasteiger partial charge in [0.1, 0.15) is 0 Å². The number of carbonyl (C=O) groups excluding carboxylic acids is 1. The lowest BCUT2D eigenvalue weighted by atomic mass is 10.2. The van der Waals surface area contributed by atoms with E-state index in [4.69, 9.17) is 5.11 Å². The second-order valence-corrected chi connectivity index (χ2v) is 5.60. The van der Waals surface area contributed by atoms with Crippen molar-refractivity contribution in [1.82, 2.24) is 10.3 Å². The van der Waals surface area contributed by atoms with Crippen molar-refractivity contribution in [3.05, 3.63) is 44.8 Å². The number of aromatic nitrogens is 1. The zero-order valence-corrected chi connectivity index (χ0v) is 12.5. The molecule has 2 rings (SSSR count). The third-order valence-electron chi connectivity index (χ3n) is 2.37. The van der Waals surface area contributed by atoms with Gasteiger partial charge in [0.05, 0.1) is 23.3 Å². The van der Waals surface area contributed by atoms with Crippen molar-refractivity contribution in [2.24, 2.45) is 0 Å². The van der Waals surface area contributed by atoms with Gasteiger partial charge in [0.25, 0.3) is 0 Å². The van der Waals surface area contributed by atoms with E-state index in [9.17, 15) is 9.59 Å². The van der Waals surface area contributed by atoms with Crippen LogP contribution in [0.15, 0.2) is 34.4 Å². The molecule has 0 atom stereocenters. The number of rotatable bonds is 4. The highest BCUT2D eigenvalue weighted by atomic mass is 79.9. The standard InChI is InChI=1S/C12H10BrN3O3S/c13-9-2-1-7(11(17)18)3-10(9)16-12(19)15-5-8-4-14-6-20-8/h1-4,6H,5H2,(H,17,18)(H2,15,16,19). The minimum atomic E-state index is -1.05. The van der Waals surface area contributed by atoms with E-state index in [0.29, 0.717) is 16.7 Å². The van der Waals surface area contributed by atoms with Crippen molar-refractivity contribution in [2.75, 3.05) is 5.32 Å². The molecule has 2 amide bonds. The van der Waals surface area contributed by atoms with Gasteiger partial charge in [-0.25, -0.2) is 9.59 Å². The average molecular weight is 356 g/mol. The van der Waals surface area contributed by atoms with E-state index in [1.165, 1.54) is 23.5 Å². The number of anilines is 1. The number of nitrogens with zero attached hydrogens (tertiary/aromatic N) is 1. The Labute approximate surface area is 127 Å². The quantitative estimate of drug-likeness (QED) is 0.786. The Bertz CT molecular complexity index is 631. The SMILES string of the molecule is O=C(NCc1cncs1)Nc1cc(C(=O)O)ccc1Br. The fraction of sp³-hybridized carbons (Fsp3) is 0.0833. The Morgan fingerprint density at radius 1 is 1.40 bits per heavy atom. The second kappa shape index (κ2) is 6.49. The molecule has 0 saturated heterocycles. The number of amides is 2. The lowest BCUT2D eigenvalue weighted by Gasteiger charge is -2.09. The summed E-state index contributed by atoms with van der Waals surface area (Å²) in [4.78, 5) is 27.4. The van der Waals surface area contributed by atoms with Crippen LogP contribution in [0.3, 0.4) is 0 Å². The van der Waals surface area contributed by atoms with Gasteiger partial charge in [0.2, 0.25) is 0 Å².